The van der Waals surface area contributed by atoms with Gasteiger partial charge < -0.3 is 39.0 Å². The summed E-state index contributed by atoms with van der Waals surface area (Å²) < 4.78 is 55.5. The third kappa shape index (κ3) is 8.49. The summed E-state index contributed by atoms with van der Waals surface area (Å²) in [7, 11) is -4.71. The third-order valence-electron chi connectivity index (χ3n) is 15.5. The molecule has 3 aromatic carbocycles. The van der Waals surface area contributed by atoms with Gasteiger partial charge >= 0.3 is 0 Å². The molecule has 18 nitrogen and oxygen atoms in total. The summed E-state index contributed by atoms with van der Waals surface area (Å²) in [5.74, 6) is 0.414. The number of pyridine rings is 2. The van der Waals surface area contributed by atoms with Crippen molar-refractivity contribution in [1.82, 2.24) is 24.6 Å². The van der Waals surface area contributed by atoms with Crippen LogP contribution in [0, 0.1) is 15.5 Å². The van der Waals surface area contributed by atoms with Gasteiger partial charge in [0, 0.05) is 78.5 Å². The Morgan fingerprint density at radius 3 is 2.62 bits per heavy atom. The average Bonchev–Trinajstić information content (AvgIpc) is 4.16. The molecule has 5 aliphatic heterocycles. The van der Waals surface area contributed by atoms with E-state index in [1.807, 2.05) is 41.3 Å². The summed E-state index contributed by atoms with van der Waals surface area (Å²) in [5.41, 5.74) is 4.52. The molecule has 374 valence electrons. The Hall–Kier alpha value is -6.96. The first-order valence-electron chi connectivity index (χ1n) is 25.0. The zero-order valence-electron chi connectivity index (χ0n) is 40.2. The van der Waals surface area contributed by atoms with E-state index in [9.17, 15) is 23.3 Å². The molecule has 8 heterocycles. The van der Waals surface area contributed by atoms with E-state index >= 15 is 0 Å². The maximum Gasteiger partial charge on any atom is 0.297 e. The number of fused-ring (bicyclic) bond motifs is 4. The van der Waals surface area contributed by atoms with Gasteiger partial charge in [0.15, 0.2) is 11.4 Å². The SMILES string of the molecule is CC(C)Oc1ccccc1[C@@H]1CCCN1C1CC2(CCN(c3ccc(C(=O)NS(=O)(=O)c4cc5c(c([N+](=O)[O-])c4)N[C@@H](Cc4ccccn4)CO5)c(N4c5cc6cc[nH]c6nc5O[C@@H]5COC[C@H]54)c3)CC2)C1. The molecule has 1 amide bonds. The van der Waals surface area contributed by atoms with Crippen LogP contribution in [0.25, 0.3) is 11.0 Å². The van der Waals surface area contributed by atoms with Crippen molar-refractivity contribution < 1.29 is 37.1 Å². The number of nitro benzene ring substituents is 1. The fourth-order valence-corrected chi connectivity index (χ4v) is 13.0. The molecule has 3 saturated heterocycles. The molecule has 6 aliphatic rings. The minimum atomic E-state index is -4.71. The number of hydrogen-bond acceptors (Lipinski definition) is 15. The van der Waals surface area contributed by atoms with Crippen molar-refractivity contribution in [3.8, 4) is 17.4 Å². The van der Waals surface area contributed by atoms with Crippen molar-refractivity contribution in [2.24, 2.45) is 5.41 Å². The molecule has 0 radical (unpaired) electrons. The molecule has 4 atom stereocenters. The van der Waals surface area contributed by atoms with E-state index in [4.69, 9.17) is 23.9 Å². The lowest BCUT2D eigenvalue weighted by Gasteiger charge is -2.56. The monoisotopic (exact) mass is 995 g/mol. The van der Waals surface area contributed by atoms with Crippen molar-refractivity contribution in [2.75, 3.05) is 54.6 Å². The number of likely N-dealkylation sites (tertiary alicyclic amines) is 1. The van der Waals surface area contributed by atoms with Gasteiger partial charge in [-0.3, -0.25) is 24.8 Å². The molecule has 1 aliphatic carbocycles. The number of nitrogens with one attached hydrogen (secondary N) is 3. The van der Waals surface area contributed by atoms with Crippen molar-refractivity contribution in [1.29, 1.82) is 0 Å². The Kier molecular flexibility index (Phi) is 11.7. The quantitative estimate of drug-likeness (QED) is 0.0783. The first-order chi connectivity index (χ1) is 34.9. The topological polar surface area (TPSA) is 207 Å². The number of nitro groups is 1. The molecule has 19 heteroatoms. The number of anilines is 4. The number of carbonyl (C=O) groups excluding carboxylic acids is 1. The summed E-state index contributed by atoms with van der Waals surface area (Å²) in [6.45, 7) is 7.57. The summed E-state index contributed by atoms with van der Waals surface area (Å²) >= 11 is 0. The van der Waals surface area contributed by atoms with E-state index in [2.05, 4.69) is 67.9 Å². The molecule has 1 saturated carbocycles. The third-order valence-corrected chi connectivity index (χ3v) is 16.8. The van der Waals surface area contributed by atoms with Gasteiger partial charge in [-0.05, 0) is 113 Å². The number of aromatic amines is 1. The van der Waals surface area contributed by atoms with Crippen molar-refractivity contribution >= 4 is 55.4 Å². The first-order valence-corrected chi connectivity index (χ1v) is 26.5. The fourth-order valence-electron chi connectivity index (χ4n) is 12.0. The number of para-hydroxylation sites is 1. The van der Waals surface area contributed by atoms with Crippen molar-refractivity contribution in [3.05, 3.63) is 124 Å². The molecular weight excluding hydrogens is 939 g/mol. The van der Waals surface area contributed by atoms with Gasteiger partial charge in [-0.25, -0.2) is 13.1 Å². The highest BCUT2D eigenvalue weighted by molar-refractivity contribution is 7.90. The highest BCUT2D eigenvalue weighted by atomic mass is 32.2. The molecular formula is C53H57N9O9S. The van der Waals surface area contributed by atoms with Gasteiger partial charge in [-0.15, -0.1) is 0 Å². The van der Waals surface area contributed by atoms with Crippen LogP contribution in [-0.4, -0.2) is 109 Å². The molecule has 6 aromatic rings. The summed E-state index contributed by atoms with van der Waals surface area (Å²) in [6.07, 6.45) is 10.2. The number of carbonyl (C=O) groups is 1. The summed E-state index contributed by atoms with van der Waals surface area (Å²) in [5, 5.41) is 16.5. The van der Waals surface area contributed by atoms with E-state index in [0.29, 0.717) is 48.0 Å². The largest absolute Gasteiger partial charge is 0.491 e. The van der Waals surface area contributed by atoms with E-state index in [1.54, 1.807) is 24.5 Å². The van der Waals surface area contributed by atoms with Gasteiger partial charge in [0.1, 0.15) is 29.8 Å². The van der Waals surface area contributed by atoms with Crippen LogP contribution in [0.3, 0.4) is 0 Å². The Bertz CT molecular complexity index is 3170. The maximum absolute atomic E-state index is 14.7. The normalized spacial score (nSPS) is 22.6. The molecule has 4 fully saturated rings. The summed E-state index contributed by atoms with van der Waals surface area (Å²) in [6, 6.07) is 25.7. The van der Waals surface area contributed by atoms with Crippen molar-refractivity contribution in [2.45, 2.75) is 100 Å². The number of nitrogens with zero attached hydrogens (tertiary/aromatic N) is 6. The number of hydrogen-bond donors (Lipinski definition) is 3. The number of aromatic nitrogens is 3. The molecule has 1 spiro atoms. The van der Waals surface area contributed by atoms with E-state index in [1.165, 1.54) is 18.1 Å². The average molecular weight is 996 g/mol. The number of rotatable bonds is 12. The van der Waals surface area contributed by atoms with Crippen LogP contribution in [0.15, 0.2) is 102 Å². The van der Waals surface area contributed by atoms with Crippen LogP contribution in [0.5, 0.6) is 17.4 Å². The standard InChI is InChI=1S/C53H57N9O9S/c1-32(2)70-46-11-4-3-9-39(46)41-10-7-19-60(41)37-27-53(28-37)15-20-59(21-16-53)36-12-13-40(42(24-36)61-44-22-33-14-18-55-50(33)57-52(44)71-48-31-68-30-45(48)61)51(63)58-72(66,67)38-25-43(62(64)65)49-47(26-38)69-29-35(56-49)23-34-8-5-6-17-54-34/h3-6,8-9,11-14,17-18,22,24-26,32,35,37,41,45,48,56H,7,10,15-16,19-21,23,27-31H2,1-2H3,(H,55,57)(H,58,63)/t35-,41-,45+,48+/m0/s1. The second-order valence-corrected chi connectivity index (χ2v) is 22.1. The Morgan fingerprint density at radius 2 is 1.82 bits per heavy atom. The van der Waals surface area contributed by atoms with E-state index in [0.717, 1.165) is 80.3 Å². The molecule has 3 N–H and O–H groups in total. The van der Waals surface area contributed by atoms with Gasteiger partial charge in [-0.2, -0.15) is 4.98 Å². The lowest BCUT2D eigenvalue weighted by atomic mass is 9.60. The van der Waals surface area contributed by atoms with E-state index in [-0.39, 0.29) is 53.8 Å². The van der Waals surface area contributed by atoms with Crippen molar-refractivity contribution in [3.63, 3.8) is 0 Å². The lowest BCUT2D eigenvalue weighted by Crippen LogP contribution is -2.55. The molecule has 72 heavy (non-hydrogen) atoms. The van der Waals surface area contributed by atoms with Gasteiger partial charge in [0.25, 0.3) is 21.6 Å². The zero-order valence-corrected chi connectivity index (χ0v) is 41.0. The van der Waals surface area contributed by atoms with Crippen LogP contribution >= 0.6 is 0 Å². The first kappa shape index (κ1) is 46.1. The van der Waals surface area contributed by atoms with Crippen LogP contribution in [-0.2, 0) is 21.2 Å². The predicted molar refractivity (Wildman–Crippen MR) is 270 cm³/mol. The van der Waals surface area contributed by atoms with Crippen LogP contribution in [0.1, 0.15) is 80.0 Å². The van der Waals surface area contributed by atoms with E-state index < -0.39 is 37.5 Å². The highest BCUT2D eigenvalue weighted by Crippen LogP contribution is 2.55. The predicted octanol–water partition coefficient (Wildman–Crippen LogP) is 8.07. The summed E-state index contributed by atoms with van der Waals surface area (Å²) in [4.78, 5) is 45.5. The number of ether oxygens (including phenoxy) is 4. The molecule has 3 aromatic heterocycles. The van der Waals surface area contributed by atoms with Gasteiger partial charge in [-0.1, -0.05) is 24.3 Å². The number of piperidine rings is 1. The Balaban J connectivity index is 0.823. The minimum Gasteiger partial charge on any atom is -0.491 e. The van der Waals surface area contributed by atoms with Crippen LogP contribution in [0.2, 0.25) is 0 Å². The number of H-pyrrole nitrogens is 1. The van der Waals surface area contributed by atoms with Crippen LogP contribution < -0.4 is 34.0 Å². The number of sulfonamides is 1. The highest BCUT2D eigenvalue weighted by Gasteiger charge is 2.50. The van der Waals surface area contributed by atoms with Gasteiger partial charge in [0.2, 0.25) is 5.88 Å². The second kappa shape index (κ2) is 18.3. The second-order valence-electron chi connectivity index (χ2n) is 20.4. The van der Waals surface area contributed by atoms with Crippen LogP contribution in [0.4, 0.5) is 28.4 Å². The Labute approximate surface area is 417 Å². The maximum atomic E-state index is 14.7. The fraction of sp³-hybridized carbons (Fsp3) is 0.415. The molecule has 12 rings (SSSR count). The van der Waals surface area contributed by atoms with Gasteiger partial charge in [0.05, 0.1) is 52.5 Å². The number of benzene rings is 3. The zero-order chi connectivity index (χ0) is 49.3. The molecule has 0 bridgehead atoms. The Morgan fingerprint density at radius 1 is 0.986 bits per heavy atom. The molecule has 0 unspecified atom stereocenters. The smallest absolute Gasteiger partial charge is 0.297 e. The minimum absolute atomic E-state index is 0.0148. The number of amides is 1. The lowest BCUT2D eigenvalue weighted by molar-refractivity contribution is -0.384.